The third kappa shape index (κ3) is 6.30. The van der Waals surface area contributed by atoms with Crippen LogP contribution in [-0.2, 0) is 4.79 Å². The molecule has 1 aromatic rings. The Bertz CT molecular complexity index is 403. The number of anilines is 1. The zero-order valence-corrected chi connectivity index (χ0v) is 13.7. The highest BCUT2D eigenvalue weighted by atomic mass is 16.2. The van der Waals surface area contributed by atoms with Crippen molar-refractivity contribution in [3.8, 4) is 0 Å². The van der Waals surface area contributed by atoms with Crippen LogP contribution in [0, 0.1) is 5.92 Å². The Balaban J connectivity index is 2.66. The van der Waals surface area contributed by atoms with Gasteiger partial charge in [0.15, 0.2) is 0 Å². The molecule has 118 valence electrons. The zero-order chi connectivity index (χ0) is 15.7. The van der Waals surface area contributed by atoms with Gasteiger partial charge in [0.05, 0.1) is 0 Å². The molecule has 0 aliphatic heterocycles. The van der Waals surface area contributed by atoms with E-state index < -0.39 is 0 Å². The molecular weight excluding hydrogens is 260 g/mol. The van der Waals surface area contributed by atoms with Crippen LogP contribution in [-0.4, -0.2) is 18.5 Å². The number of carbonyl (C=O) groups is 1. The number of nitrogens with two attached hydrogens (primary N) is 1. The molecule has 3 heteroatoms. The van der Waals surface area contributed by atoms with Crippen LogP contribution in [0.15, 0.2) is 30.3 Å². The van der Waals surface area contributed by atoms with Crippen molar-refractivity contribution in [2.45, 2.75) is 58.9 Å². The average molecular weight is 290 g/mol. The molecule has 0 spiro atoms. The highest BCUT2D eigenvalue weighted by Crippen LogP contribution is 2.20. The second kappa shape index (κ2) is 9.56. The Labute approximate surface area is 129 Å². The van der Waals surface area contributed by atoms with E-state index in [0.29, 0.717) is 0 Å². The molecule has 0 saturated carbocycles. The second-order valence-electron chi connectivity index (χ2n) is 5.99. The Morgan fingerprint density at radius 1 is 1.14 bits per heavy atom. The summed E-state index contributed by atoms with van der Waals surface area (Å²) in [6, 6.07) is 10.2. The molecule has 0 aliphatic rings. The molecule has 2 N–H and O–H groups in total. The predicted octanol–water partition coefficient (Wildman–Crippen LogP) is 3.97. The predicted molar refractivity (Wildman–Crippen MR) is 90.4 cm³/mol. The maximum absolute atomic E-state index is 12.7. The lowest BCUT2D eigenvalue weighted by Crippen LogP contribution is -2.36. The number of hydrogen-bond donors (Lipinski definition) is 1. The summed E-state index contributed by atoms with van der Waals surface area (Å²) in [6.07, 6.45) is 5.04. The Kier molecular flexibility index (Phi) is 8.06. The number of rotatable bonds is 9. The molecule has 0 aromatic heterocycles. The first-order valence-corrected chi connectivity index (χ1v) is 8.18. The fourth-order valence-corrected chi connectivity index (χ4v) is 2.43. The van der Waals surface area contributed by atoms with Crippen molar-refractivity contribution in [3.63, 3.8) is 0 Å². The van der Waals surface area contributed by atoms with Crippen LogP contribution >= 0.6 is 0 Å². The molecule has 0 radical (unpaired) electrons. The number of nitrogens with zero attached hydrogens (tertiary/aromatic N) is 1. The zero-order valence-electron chi connectivity index (χ0n) is 13.7. The lowest BCUT2D eigenvalue weighted by atomic mass is 10.00. The molecule has 2 atom stereocenters. The van der Waals surface area contributed by atoms with Crippen LogP contribution in [0.3, 0.4) is 0 Å². The lowest BCUT2D eigenvalue weighted by Gasteiger charge is -2.26. The van der Waals surface area contributed by atoms with Gasteiger partial charge in [0.25, 0.3) is 0 Å². The van der Waals surface area contributed by atoms with Crippen LogP contribution in [0.2, 0.25) is 0 Å². The third-order valence-electron chi connectivity index (χ3n) is 3.79. The normalized spacial score (nSPS) is 13.7. The summed E-state index contributed by atoms with van der Waals surface area (Å²) in [6.45, 7) is 7.01. The van der Waals surface area contributed by atoms with Crippen LogP contribution in [0.1, 0.15) is 52.9 Å². The highest BCUT2D eigenvalue weighted by Gasteiger charge is 2.21. The van der Waals surface area contributed by atoms with Crippen molar-refractivity contribution in [2.24, 2.45) is 11.7 Å². The molecule has 3 nitrogen and oxygen atoms in total. The van der Waals surface area contributed by atoms with Crippen LogP contribution in [0.25, 0.3) is 0 Å². The number of hydrogen-bond acceptors (Lipinski definition) is 2. The molecule has 0 aliphatic carbocycles. The highest BCUT2D eigenvalue weighted by molar-refractivity contribution is 5.94. The number of unbranched alkanes of at least 4 members (excludes halogenated alkanes) is 1. The fraction of sp³-hybridized carbons (Fsp3) is 0.611. The van der Waals surface area contributed by atoms with Gasteiger partial charge in [-0.1, -0.05) is 44.9 Å². The molecule has 2 unspecified atom stereocenters. The summed E-state index contributed by atoms with van der Waals surface area (Å²) in [5, 5.41) is 0. The number of para-hydroxylation sites is 1. The summed E-state index contributed by atoms with van der Waals surface area (Å²) in [5.74, 6) is 0.292. The molecule has 1 rings (SSSR count). The Morgan fingerprint density at radius 3 is 2.38 bits per heavy atom. The number of amides is 1. The molecule has 1 amide bonds. The second-order valence-corrected chi connectivity index (χ2v) is 5.99. The van der Waals surface area contributed by atoms with Gasteiger partial charge in [-0.2, -0.15) is 0 Å². The standard InChI is InChI=1S/C18H30N2O/c1-4-5-14-20(17-12-7-6-8-13-17)18(21)15(2)10-9-11-16(3)19/h6-8,12-13,15-16H,4-5,9-11,14,19H2,1-3H3. The van der Waals surface area contributed by atoms with E-state index in [9.17, 15) is 4.79 Å². The average Bonchev–Trinajstić information content (AvgIpc) is 2.48. The van der Waals surface area contributed by atoms with E-state index >= 15 is 0 Å². The molecule has 21 heavy (non-hydrogen) atoms. The van der Waals surface area contributed by atoms with Gasteiger partial charge in [0.2, 0.25) is 5.91 Å². The maximum atomic E-state index is 12.7. The maximum Gasteiger partial charge on any atom is 0.229 e. The van der Waals surface area contributed by atoms with E-state index in [1.165, 1.54) is 0 Å². The van der Waals surface area contributed by atoms with E-state index in [4.69, 9.17) is 5.73 Å². The van der Waals surface area contributed by atoms with E-state index in [0.717, 1.165) is 44.3 Å². The molecule has 0 bridgehead atoms. The van der Waals surface area contributed by atoms with Gasteiger partial charge in [-0.25, -0.2) is 0 Å². The van der Waals surface area contributed by atoms with Crippen molar-refractivity contribution >= 4 is 11.6 Å². The quantitative estimate of drug-likeness (QED) is 0.748. The number of benzene rings is 1. The van der Waals surface area contributed by atoms with Crippen molar-refractivity contribution in [1.29, 1.82) is 0 Å². The minimum absolute atomic E-state index is 0.0563. The minimum atomic E-state index is 0.0563. The Hall–Kier alpha value is -1.35. The molecule has 0 fully saturated rings. The van der Waals surface area contributed by atoms with Gasteiger partial charge in [-0.15, -0.1) is 0 Å². The van der Waals surface area contributed by atoms with Gasteiger partial charge in [-0.3, -0.25) is 4.79 Å². The van der Waals surface area contributed by atoms with Gasteiger partial charge in [-0.05, 0) is 38.3 Å². The summed E-state index contributed by atoms with van der Waals surface area (Å²) in [4.78, 5) is 14.7. The smallest absolute Gasteiger partial charge is 0.229 e. The van der Waals surface area contributed by atoms with E-state index in [2.05, 4.69) is 6.92 Å². The monoisotopic (exact) mass is 290 g/mol. The van der Waals surface area contributed by atoms with Crippen molar-refractivity contribution in [1.82, 2.24) is 0 Å². The molecular formula is C18H30N2O. The lowest BCUT2D eigenvalue weighted by molar-refractivity contribution is -0.122. The minimum Gasteiger partial charge on any atom is -0.328 e. The first-order chi connectivity index (χ1) is 10.1. The summed E-state index contributed by atoms with van der Waals surface area (Å²) in [5.41, 5.74) is 6.79. The SMILES string of the molecule is CCCCN(C(=O)C(C)CCCC(C)N)c1ccccc1. The van der Waals surface area contributed by atoms with Crippen molar-refractivity contribution in [2.75, 3.05) is 11.4 Å². The van der Waals surface area contributed by atoms with Crippen molar-refractivity contribution in [3.05, 3.63) is 30.3 Å². The summed E-state index contributed by atoms with van der Waals surface area (Å²) >= 11 is 0. The van der Waals surface area contributed by atoms with Crippen LogP contribution in [0.4, 0.5) is 5.69 Å². The molecule has 1 aromatic carbocycles. The van der Waals surface area contributed by atoms with Gasteiger partial charge in [0.1, 0.15) is 0 Å². The largest absolute Gasteiger partial charge is 0.328 e. The van der Waals surface area contributed by atoms with Crippen LogP contribution < -0.4 is 10.6 Å². The van der Waals surface area contributed by atoms with Gasteiger partial charge < -0.3 is 10.6 Å². The summed E-state index contributed by atoms with van der Waals surface area (Å²) < 4.78 is 0. The first kappa shape index (κ1) is 17.7. The van der Waals surface area contributed by atoms with Gasteiger partial charge in [0, 0.05) is 24.2 Å². The first-order valence-electron chi connectivity index (χ1n) is 8.18. The topological polar surface area (TPSA) is 46.3 Å². The molecule has 0 saturated heterocycles. The molecule has 0 heterocycles. The van der Waals surface area contributed by atoms with Gasteiger partial charge >= 0.3 is 0 Å². The third-order valence-corrected chi connectivity index (χ3v) is 3.79. The van der Waals surface area contributed by atoms with E-state index in [1.54, 1.807) is 0 Å². The number of carbonyl (C=O) groups excluding carboxylic acids is 1. The summed E-state index contributed by atoms with van der Waals surface area (Å²) in [7, 11) is 0. The van der Waals surface area contributed by atoms with E-state index in [1.807, 2.05) is 49.1 Å². The van der Waals surface area contributed by atoms with Crippen LogP contribution in [0.5, 0.6) is 0 Å². The van der Waals surface area contributed by atoms with Crippen molar-refractivity contribution < 1.29 is 4.79 Å². The fourth-order valence-electron chi connectivity index (χ4n) is 2.43. The van der Waals surface area contributed by atoms with E-state index in [-0.39, 0.29) is 17.9 Å². The Morgan fingerprint density at radius 2 is 1.81 bits per heavy atom.